The lowest BCUT2D eigenvalue weighted by Crippen LogP contribution is -2.07. The average Bonchev–Trinajstić information content (AvgIpc) is 2.34. The first-order valence-corrected chi connectivity index (χ1v) is 6.12. The van der Waals surface area contributed by atoms with Crippen LogP contribution in [0.4, 0.5) is 27.7 Å². The van der Waals surface area contributed by atoms with Crippen molar-refractivity contribution < 1.29 is 9.90 Å². The number of halogens is 1. The summed E-state index contributed by atoms with van der Waals surface area (Å²) in [7, 11) is 0. The second-order valence-electron chi connectivity index (χ2n) is 3.72. The third kappa shape index (κ3) is 3.59. The van der Waals surface area contributed by atoms with Crippen molar-refractivity contribution in [2.45, 2.75) is 0 Å². The van der Waals surface area contributed by atoms with Crippen molar-refractivity contribution in [1.82, 2.24) is 4.98 Å². The fourth-order valence-electron chi connectivity index (χ4n) is 1.46. The Bertz CT molecular complexity index is 601. The van der Waals surface area contributed by atoms with Crippen LogP contribution in [0.5, 0.6) is 0 Å². The normalized spacial score (nSPS) is 9.95. The summed E-state index contributed by atoms with van der Waals surface area (Å²) < 4.78 is 0.802. The minimum atomic E-state index is -1.10. The molecule has 5 N–H and O–H groups in total. The van der Waals surface area contributed by atoms with Crippen LogP contribution in [0.15, 0.2) is 41.0 Å². The topological polar surface area (TPSA) is 100 Å². The monoisotopic (exact) mass is 322 g/mol. The SMILES string of the molecule is Nc1cc(Br)cnc1Nc1ccc(NC(=O)O)cc1. The second kappa shape index (κ2) is 5.57. The molecule has 0 spiro atoms. The van der Waals surface area contributed by atoms with Crippen LogP contribution in [-0.2, 0) is 0 Å². The van der Waals surface area contributed by atoms with Crippen molar-refractivity contribution in [2.24, 2.45) is 0 Å². The van der Waals surface area contributed by atoms with E-state index in [2.05, 4.69) is 31.5 Å². The summed E-state index contributed by atoms with van der Waals surface area (Å²) in [6.45, 7) is 0. The van der Waals surface area contributed by atoms with Crippen LogP contribution in [-0.4, -0.2) is 16.2 Å². The van der Waals surface area contributed by atoms with Gasteiger partial charge in [-0.25, -0.2) is 9.78 Å². The number of nitrogen functional groups attached to an aromatic ring is 1. The molecule has 0 saturated carbocycles. The molecule has 0 aliphatic heterocycles. The Morgan fingerprint density at radius 1 is 1.26 bits per heavy atom. The number of benzene rings is 1. The number of amides is 1. The van der Waals surface area contributed by atoms with Crippen molar-refractivity contribution in [3.8, 4) is 0 Å². The van der Waals surface area contributed by atoms with Crippen molar-refractivity contribution in [1.29, 1.82) is 0 Å². The van der Waals surface area contributed by atoms with E-state index in [1.54, 1.807) is 36.5 Å². The van der Waals surface area contributed by atoms with Gasteiger partial charge in [0.05, 0.1) is 5.69 Å². The molecule has 7 heteroatoms. The lowest BCUT2D eigenvalue weighted by atomic mass is 10.2. The Morgan fingerprint density at radius 3 is 2.47 bits per heavy atom. The van der Waals surface area contributed by atoms with Gasteiger partial charge in [0, 0.05) is 22.0 Å². The third-order valence-corrected chi connectivity index (χ3v) is 2.72. The van der Waals surface area contributed by atoms with Crippen molar-refractivity contribution in [3.63, 3.8) is 0 Å². The second-order valence-corrected chi connectivity index (χ2v) is 4.64. The molecule has 0 radical (unpaired) electrons. The molecule has 98 valence electrons. The Morgan fingerprint density at radius 2 is 1.89 bits per heavy atom. The van der Waals surface area contributed by atoms with Gasteiger partial charge in [-0.05, 0) is 46.3 Å². The highest BCUT2D eigenvalue weighted by Gasteiger charge is 2.03. The number of nitrogens with two attached hydrogens (primary N) is 1. The fourth-order valence-corrected chi connectivity index (χ4v) is 1.81. The highest BCUT2D eigenvalue weighted by molar-refractivity contribution is 9.10. The molecule has 1 heterocycles. The van der Waals surface area contributed by atoms with Crippen molar-refractivity contribution in [3.05, 3.63) is 41.0 Å². The number of aromatic nitrogens is 1. The summed E-state index contributed by atoms with van der Waals surface area (Å²) in [5.74, 6) is 0.544. The molecule has 0 saturated heterocycles. The van der Waals surface area contributed by atoms with Gasteiger partial charge >= 0.3 is 6.09 Å². The van der Waals surface area contributed by atoms with Gasteiger partial charge in [-0.1, -0.05) is 0 Å². The summed E-state index contributed by atoms with van der Waals surface area (Å²) in [5, 5.41) is 13.9. The van der Waals surface area contributed by atoms with Crippen LogP contribution < -0.4 is 16.4 Å². The maximum Gasteiger partial charge on any atom is 0.409 e. The third-order valence-electron chi connectivity index (χ3n) is 2.28. The number of carboxylic acid groups (broad SMARTS) is 1. The molecule has 0 bridgehead atoms. The largest absolute Gasteiger partial charge is 0.465 e. The maximum atomic E-state index is 10.5. The van der Waals surface area contributed by atoms with E-state index in [4.69, 9.17) is 10.8 Å². The Labute approximate surface area is 117 Å². The molecule has 1 aromatic carbocycles. The van der Waals surface area contributed by atoms with E-state index in [0.717, 1.165) is 10.2 Å². The Balaban J connectivity index is 2.13. The van der Waals surface area contributed by atoms with Gasteiger partial charge in [-0.3, -0.25) is 5.32 Å². The molecule has 1 aromatic heterocycles. The number of nitrogens with one attached hydrogen (secondary N) is 2. The summed E-state index contributed by atoms with van der Waals surface area (Å²) in [6, 6.07) is 8.50. The fraction of sp³-hybridized carbons (Fsp3) is 0. The first-order chi connectivity index (χ1) is 9.04. The van der Waals surface area contributed by atoms with Gasteiger partial charge in [-0.15, -0.1) is 0 Å². The van der Waals surface area contributed by atoms with Crippen LogP contribution >= 0.6 is 15.9 Å². The first-order valence-electron chi connectivity index (χ1n) is 5.32. The van der Waals surface area contributed by atoms with Crippen molar-refractivity contribution >= 4 is 44.9 Å². The molecule has 0 fully saturated rings. The Kier molecular flexibility index (Phi) is 3.86. The molecular weight excluding hydrogens is 312 g/mol. The van der Waals surface area contributed by atoms with Crippen molar-refractivity contribution in [2.75, 3.05) is 16.4 Å². The average molecular weight is 323 g/mol. The lowest BCUT2D eigenvalue weighted by Gasteiger charge is -2.09. The maximum absolute atomic E-state index is 10.5. The van der Waals surface area contributed by atoms with E-state index >= 15 is 0 Å². The number of hydrogen-bond acceptors (Lipinski definition) is 4. The summed E-state index contributed by atoms with van der Waals surface area (Å²) in [6.07, 6.45) is 0.540. The molecule has 6 nitrogen and oxygen atoms in total. The van der Waals surface area contributed by atoms with Crippen LogP contribution in [0.3, 0.4) is 0 Å². The van der Waals surface area contributed by atoms with Gasteiger partial charge in [0.2, 0.25) is 0 Å². The predicted octanol–water partition coefficient (Wildman–Crippen LogP) is 3.26. The molecule has 0 aliphatic rings. The van der Waals surface area contributed by atoms with E-state index in [-0.39, 0.29) is 0 Å². The van der Waals surface area contributed by atoms with Crippen LogP contribution in [0, 0.1) is 0 Å². The molecule has 2 aromatic rings. The number of carbonyl (C=O) groups is 1. The number of nitrogens with zero attached hydrogens (tertiary/aromatic N) is 1. The van der Waals surface area contributed by atoms with Gasteiger partial charge in [-0.2, -0.15) is 0 Å². The van der Waals surface area contributed by atoms with Crippen LogP contribution in [0.1, 0.15) is 0 Å². The van der Waals surface area contributed by atoms with Gasteiger partial charge in [0.1, 0.15) is 0 Å². The minimum absolute atomic E-state index is 0.495. The predicted molar refractivity (Wildman–Crippen MR) is 77.7 cm³/mol. The van der Waals surface area contributed by atoms with E-state index in [1.165, 1.54) is 0 Å². The summed E-state index contributed by atoms with van der Waals surface area (Å²) >= 11 is 3.28. The molecule has 19 heavy (non-hydrogen) atoms. The lowest BCUT2D eigenvalue weighted by molar-refractivity contribution is 0.210. The summed E-state index contributed by atoms with van der Waals surface area (Å²) in [4.78, 5) is 14.6. The van der Waals surface area contributed by atoms with Gasteiger partial charge in [0.25, 0.3) is 0 Å². The van der Waals surface area contributed by atoms with Gasteiger partial charge in [0.15, 0.2) is 5.82 Å². The summed E-state index contributed by atoms with van der Waals surface area (Å²) in [5.41, 5.74) is 7.59. The minimum Gasteiger partial charge on any atom is -0.465 e. The van der Waals surface area contributed by atoms with E-state index in [1.807, 2.05) is 0 Å². The molecule has 1 amide bonds. The van der Waals surface area contributed by atoms with Crippen LogP contribution in [0.25, 0.3) is 0 Å². The van der Waals surface area contributed by atoms with Crippen LogP contribution in [0.2, 0.25) is 0 Å². The number of hydrogen-bond donors (Lipinski definition) is 4. The standard InChI is InChI=1S/C12H11BrN4O2/c13-7-5-10(14)11(15-6-7)16-8-1-3-9(4-2-8)17-12(18)19/h1-6,17H,14H2,(H,15,16)(H,18,19). The molecule has 0 aliphatic carbocycles. The number of pyridine rings is 1. The van der Waals surface area contributed by atoms with E-state index in [0.29, 0.717) is 17.2 Å². The van der Waals surface area contributed by atoms with Gasteiger partial charge < -0.3 is 16.2 Å². The molecular formula is C12H11BrN4O2. The van der Waals surface area contributed by atoms with E-state index in [9.17, 15) is 4.79 Å². The first kappa shape index (κ1) is 13.2. The Hall–Kier alpha value is -2.28. The molecule has 0 atom stereocenters. The van der Waals surface area contributed by atoms with E-state index < -0.39 is 6.09 Å². The number of rotatable bonds is 3. The number of anilines is 4. The zero-order chi connectivity index (χ0) is 13.8. The highest BCUT2D eigenvalue weighted by atomic mass is 79.9. The zero-order valence-corrected chi connectivity index (χ0v) is 11.3. The smallest absolute Gasteiger partial charge is 0.409 e. The highest BCUT2D eigenvalue weighted by Crippen LogP contribution is 2.24. The molecule has 0 unspecified atom stereocenters. The molecule has 2 rings (SSSR count). The zero-order valence-electron chi connectivity index (χ0n) is 9.72. The quantitative estimate of drug-likeness (QED) is 0.695.